The fourth-order valence-corrected chi connectivity index (χ4v) is 2.61. The summed E-state index contributed by atoms with van der Waals surface area (Å²) in [5, 5.41) is 0. The van der Waals surface area contributed by atoms with Crippen LogP contribution in [0.1, 0.15) is 46.0 Å². The highest BCUT2D eigenvalue weighted by atomic mass is 19.4. The lowest BCUT2D eigenvalue weighted by Crippen LogP contribution is -2.44. The third kappa shape index (κ3) is 5.31. The molecule has 1 saturated heterocycles. The van der Waals surface area contributed by atoms with Crippen molar-refractivity contribution in [2.24, 2.45) is 17.6 Å². The average Bonchev–Trinajstić information content (AvgIpc) is 2.36. The number of carbonyl (C=O) groups excluding carboxylic acids is 1. The summed E-state index contributed by atoms with van der Waals surface area (Å²) in [5.41, 5.74) is 5.65. The number of amides is 1. The molecule has 2 atom stereocenters. The van der Waals surface area contributed by atoms with Crippen molar-refractivity contribution in [2.45, 2.75) is 58.2 Å². The second-order valence-electron chi connectivity index (χ2n) is 5.95. The molecule has 1 amide bonds. The van der Waals surface area contributed by atoms with Gasteiger partial charge in [-0.25, -0.2) is 0 Å². The van der Waals surface area contributed by atoms with E-state index in [4.69, 9.17) is 5.73 Å². The van der Waals surface area contributed by atoms with Crippen molar-refractivity contribution in [3.05, 3.63) is 0 Å². The Kier molecular flexibility index (Phi) is 6.30. The molecule has 1 rings (SSSR count). The molecular weight excluding hydrogens is 269 g/mol. The Morgan fingerprint density at radius 3 is 2.25 bits per heavy atom. The second-order valence-corrected chi connectivity index (χ2v) is 5.95. The number of carbonyl (C=O) groups is 1. The van der Waals surface area contributed by atoms with E-state index in [0.29, 0.717) is 0 Å². The summed E-state index contributed by atoms with van der Waals surface area (Å²) in [6.07, 6.45) is -1.57. The van der Waals surface area contributed by atoms with Crippen LogP contribution in [0.15, 0.2) is 0 Å². The molecule has 2 N–H and O–H groups in total. The van der Waals surface area contributed by atoms with Crippen LogP contribution < -0.4 is 5.73 Å². The number of alkyl halides is 3. The summed E-state index contributed by atoms with van der Waals surface area (Å²) in [6, 6.07) is 0.125. The predicted molar refractivity (Wildman–Crippen MR) is 72.0 cm³/mol. The van der Waals surface area contributed by atoms with Gasteiger partial charge in [0.05, 0.1) is 5.92 Å². The lowest BCUT2D eigenvalue weighted by molar-refractivity contribution is -0.186. The molecule has 1 heterocycles. The number of rotatable bonds is 5. The number of piperidine rings is 1. The number of nitrogens with zero attached hydrogens (tertiary/aromatic N) is 1. The van der Waals surface area contributed by atoms with Crippen LogP contribution in [0.2, 0.25) is 0 Å². The van der Waals surface area contributed by atoms with Crippen LogP contribution in [0, 0.1) is 11.8 Å². The first-order valence-corrected chi connectivity index (χ1v) is 7.33. The second kappa shape index (κ2) is 7.29. The topological polar surface area (TPSA) is 46.3 Å². The molecule has 1 aliphatic heterocycles. The van der Waals surface area contributed by atoms with Crippen LogP contribution in [0.3, 0.4) is 0 Å². The molecule has 0 aliphatic carbocycles. The molecule has 0 aromatic heterocycles. The third-order valence-electron chi connectivity index (χ3n) is 3.99. The maximum atomic E-state index is 12.6. The molecule has 3 nitrogen and oxygen atoms in total. The summed E-state index contributed by atoms with van der Waals surface area (Å²) >= 11 is 0. The Hall–Kier alpha value is -0.780. The van der Waals surface area contributed by atoms with Gasteiger partial charge in [0.25, 0.3) is 0 Å². The van der Waals surface area contributed by atoms with Gasteiger partial charge in [0.2, 0.25) is 5.91 Å². The van der Waals surface area contributed by atoms with E-state index in [9.17, 15) is 18.0 Å². The molecule has 0 bridgehead atoms. The van der Waals surface area contributed by atoms with Crippen molar-refractivity contribution < 1.29 is 18.0 Å². The normalized spacial score (nSPS) is 20.8. The molecule has 1 aliphatic rings. The van der Waals surface area contributed by atoms with Gasteiger partial charge < -0.3 is 10.6 Å². The van der Waals surface area contributed by atoms with Gasteiger partial charge in [0.15, 0.2) is 0 Å². The van der Waals surface area contributed by atoms with Crippen molar-refractivity contribution in [1.29, 1.82) is 0 Å². The van der Waals surface area contributed by atoms with Crippen molar-refractivity contribution in [1.82, 2.24) is 4.90 Å². The zero-order valence-electron chi connectivity index (χ0n) is 12.2. The Morgan fingerprint density at radius 2 is 1.80 bits per heavy atom. The molecular formula is C14H25F3N2O. The molecule has 20 heavy (non-hydrogen) atoms. The molecule has 0 spiro atoms. The van der Waals surface area contributed by atoms with E-state index < -0.39 is 12.1 Å². The smallest absolute Gasteiger partial charge is 0.342 e. The standard InChI is InChI=1S/C14H25F3N2O/c1-10(4-3-5-11(2)18)13(20)19-8-6-12(7-9-19)14(15,16)17/h10-12H,3-9,18H2,1-2H3. The maximum Gasteiger partial charge on any atom is 0.391 e. The highest BCUT2D eigenvalue weighted by molar-refractivity contribution is 5.78. The van der Waals surface area contributed by atoms with E-state index in [-0.39, 0.29) is 43.8 Å². The SMILES string of the molecule is CC(N)CCCC(C)C(=O)N1CCC(C(F)(F)F)CC1. The summed E-state index contributed by atoms with van der Waals surface area (Å²) in [6.45, 7) is 4.22. The number of hydrogen-bond donors (Lipinski definition) is 1. The zero-order valence-corrected chi connectivity index (χ0v) is 12.2. The van der Waals surface area contributed by atoms with Crippen LogP contribution >= 0.6 is 0 Å². The molecule has 6 heteroatoms. The number of hydrogen-bond acceptors (Lipinski definition) is 2. The van der Waals surface area contributed by atoms with E-state index in [1.54, 1.807) is 4.90 Å². The van der Waals surface area contributed by atoms with Gasteiger partial charge >= 0.3 is 6.18 Å². The Labute approximate surface area is 118 Å². The van der Waals surface area contributed by atoms with Crippen molar-refractivity contribution in [3.8, 4) is 0 Å². The minimum absolute atomic E-state index is 0.0182. The fourth-order valence-electron chi connectivity index (χ4n) is 2.61. The largest absolute Gasteiger partial charge is 0.391 e. The average molecular weight is 294 g/mol. The van der Waals surface area contributed by atoms with Gasteiger partial charge in [-0.05, 0) is 32.6 Å². The first kappa shape index (κ1) is 17.3. The van der Waals surface area contributed by atoms with Crippen LogP contribution in [0.25, 0.3) is 0 Å². The first-order chi connectivity index (χ1) is 9.21. The van der Waals surface area contributed by atoms with Crippen molar-refractivity contribution in [3.63, 3.8) is 0 Å². The van der Waals surface area contributed by atoms with E-state index in [1.165, 1.54) is 0 Å². The van der Waals surface area contributed by atoms with Crippen LogP contribution in [-0.4, -0.2) is 36.1 Å². The maximum absolute atomic E-state index is 12.6. The number of halogens is 3. The van der Waals surface area contributed by atoms with E-state index in [2.05, 4.69) is 0 Å². The lowest BCUT2D eigenvalue weighted by atomic mass is 9.94. The molecule has 0 saturated carbocycles. The summed E-state index contributed by atoms with van der Waals surface area (Å²) < 4.78 is 37.7. The van der Waals surface area contributed by atoms with E-state index >= 15 is 0 Å². The zero-order chi connectivity index (χ0) is 15.3. The van der Waals surface area contributed by atoms with Gasteiger partial charge in [0, 0.05) is 25.0 Å². The van der Waals surface area contributed by atoms with Gasteiger partial charge in [0.1, 0.15) is 0 Å². The quantitative estimate of drug-likeness (QED) is 0.847. The Morgan fingerprint density at radius 1 is 1.25 bits per heavy atom. The molecule has 118 valence electrons. The first-order valence-electron chi connectivity index (χ1n) is 7.33. The van der Waals surface area contributed by atoms with Gasteiger partial charge in [-0.15, -0.1) is 0 Å². The van der Waals surface area contributed by atoms with Gasteiger partial charge in [-0.1, -0.05) is 13.3 Å². The Balaban J connectivity index is 2.35. The number of nitrogens with two attached hydrogens (primary N) is 1. The van der Waals surface area contributed by atoms with Crippen molar-refractivity contribution >= 4 is 5.91 Å². The summed E-state index contributed by atoms with van der Waals surface area (Å²) in [5.74, 6) is -1.40. The summed E-state index contributed by atoms with van der Waals surface area (Å²) in [4.78, 5) is 13.7. The highest BCUT2D eigenvalue weighted by Gasteiger charge is 2.41. The van der Waals surface area contributed by atoms with Gasteiger partial charge in [-0.2, -0.15) is 13.2 Å². The van der Waals surface area contributed by atoms with E-state index in [1.807, 2.05) is 13.8 Å². The van der Waals surface area contributed by atoms with Crippen LogP contribution in [0.4, 0.5) is 13.2 Å². The minimum atomic E-state index is -4.13. The lowest BCUT2D eigenvalue weighted by Gasteiger charge is -2.34. The predicted octanol–water partition coefficient (Wildman–Crippen LogP) is 2.94. The fraction of sp³-hybridized carbons (Fsp3) is 0.929. The monoisotopic (exact) mass is 294 g/mol. The summed E-state index contributed by atoms with van der Waals surface area (Å²) in [7, 11) is 0. The third-order valence-corrected chi connectivity index (χ3v) is 3.99. The van der Waals surface area contributed by atoms with Crippen molar-refractivity contribution in [2.75, 3.05) is 13.1 Å². The highest BCUT2D eigenvalue weighted by Crippen LogP contribution is 2.34. The van der Waals surface area contributed by atoms with Gasteiger partial charge in [-0.3, -0.25) is 4.79 Å². The molecule has 2 unspecified atom stereocenters. The van der Waals surface area contributed by atoms with Crippen LogP contribution in [0.5, 0.6) is 0 Å². The molecule has 0 aromatic rings. The molecule has 0 radical (unpaired) electrons. The minimum Gasteiger partial charge on any atom is -0.342 e. The Bertz CT molecular complexity index is 310. The number of likely N-dealkylation sites (tertiary alicyclic amines) is 1. The molecule has 1 fully saturated rings. The van der Waals surface area contributed by atoms with E-state index in [0.717, 1.165) is 19.3 Å². The molecule has 0 aromatic carbocycles. The van der Waals surface area contributed by atoms with Crippen LogP contribution in [-0.2, 0) is 4.79 Å².